The molecular weight excluding hydrogens is 232 g/mol. The maximum atomic E-state index is 11.7. The van der Waals surface area contributed by atoms with Crippen molar-refractivity contribution in [3.05, 3.63) is 42.2 Å². The van der Waals surface area contributed by atoms with Crippen molar-refractivity contribution in [1.82, 2.24) is 10.2 Å². The Kier molecular flexibility index (Phi) is 3.38. The molecule has 18 heavy (non-hydrogen) atoms. The number of nitrogens with zero attached hydrogens (tertiary/aromatic N) is 1. The van der Waals surface area contributed by atoms with Crippen molar-refractivity contribution in [1.29, 1.82) is 0 Å². The lowest BCUT2D eigenvalue weighted by Gasteiger charge is -2.05. The lowest BCUT2D eigenvalue weighted by molar-refractivity contribution is -0.114. The van der Waals surface area contributed by atoms with Gasteiger partial charge in [-0.25, -0.2) is 0 Å². The predicted octanol–water partition coefficient (Wildman–Crippen LogP) is 1.62. The minimum absolute atomic E-state index is 0.134. The third-order valence-corrected chi connectivity index (χ3v) is 2.22. The number of H-pyrrole nitrogens is 1. The van der Waals surface area contributed by atoms with Crippen molar-refractivity contribution >= 4 is 23.2 Å². The molecule has 2 aromatic rings. The van der Waals surface area contributed by atoms with E-state index in [1.54, 1.807) is 24.3 Å². The molecule has 0 unspecified atom stereocenters. The Morgan fingerprint density at radius 1 is 1.11 bits per heavy atom. The van der Waals surface area contributed by atoms with Crippen LogP contribution in [0.1, 0.15) is 17.3 Å². The summed E-state index contributed by atoms with van der Waals surface area (Å²) in [5.74, 6) is -0.374. The number of aromatic nitrogens is 2. The molecule has 2 rings (SSSR count). The van der Waals surface area contributed by atoms with Gasteiger partial charge in [0.2, 0.25) is 5.91 Å². The molecule has 0 atom stereocenters. The van der Waals surface area contributed by atoms with Gasteiger partial charge < -0.3 is 10.6 Å². The van der Waals surface area contributed by atoms with Gasteiger partial charge in [-0.15, -0.1) is 0 Å². The Bertz CT molecular complexity index is 546. The van der Waals surface area contributed by atoms with Gasteiger partial charge in [0.15, 0.2) is 0 Å². The molecule has 92 valence electrons. The zero-order valence-corrected chi connectivity index (χ0v) is 9.73. The van der Waals surface area contributed by atoms with E-state index in [4.69, 9.17) is 0 Å². The topological polar surface area (TPSA) is 86.9 Å². The standard InChI is InChI=1S/C12H12N4O2/c1-8(17)15-10-2-4-11(5-3-10)16-12(18)9-6-13-14-7-9/h2-7H,1H3,(H,13,14)(H,15,17)(H,16,18). The molecule has 1 aromatic heterocycles. The minimum atomic E-state index is -0.240. The van der Waals surface area contributed by atoms with Gasteiger partial charge in [0.1, 0.15) is 0 Å². The number of carbonyl (C=O) groups excluding carboxylic acids is 2. The Labute approximate surface area is 103 Å². The predicted molar refractivity (Wildman–Crippen MR) is 67.3 cm³/mol. The molecule has 1 heterocycles. The smallest absolute Gasteiger partial charge is 0.258 e. The van der Waals surface area contributed by atoms with Crippen molar-refractivity contribution in [2.24, 2.45) is 0 Å². The van der Waals surface area contributed by atoms with Crippen molar-refractivity contribution in [2.45, 2.75) is 6.92 Å². The number of aromatic amines is 1. The van der Waals surface area contributed by atoms with Crippen molar-refractivity contribution in [3.8, 4) is 0 Å². The van der Waals surface area contributed by atoms with Gasteiger partial charge >= 0.3 is 0 Å². The van der Waals surface area contributed by atoms with Gasteiger partial charge in [0, 0.05) is 24.5 Å². The highest BCUT2D eigenvalue weighted by Crippen LogP contribution is 2.14. The summed E-state index contributed by atoms with van der Waals surface area (Å²) in [7, 11) is 0. The molecular formula is C12H12N4O2. The lowest BCUT2D eigenvalue weighted by Crippen LogP contribution is -2.11. The molecule has 0 bridgehead atoms. The van der Waals surface area contributed by atoms with Gasteiger partial charge in [-0.2, -0.15) is 5.10 Å². The summed E-state index contributed by atoms with van der Waals surface area (Å²) in [4.78, 5) is 22.5. The fraction of sp³-hybridized carbons (Fsp3) is 0.0833. The molecule has 0 saturated heterocycles. The van der Waals surface area contributed by atoms with Gasteiger partial charge in [0.25, 0.3) is 5.91 Å². The number of nitrogens with one attached hydrogen (secondary N) is 3. The summed E-state index contributed by atoms with van der Waals surface area (Å²) in [6, 6.07) is 6.85. The van der Waals surface area contributed by atoms with Gasteiger partial charge in [0.05, 0.1) is 11.8 Å². The SMILES string of the molecule is CC(=O)Nc1ccc(NC(=O)c2cn[nH]c2)cc1. The van der Waals surface area contributed by atoms with Crippen LogP contribution < -0.4 is 10.6 Å². The van der Waals surface area contributed by atoms with E-state index in [9.17, 15) is 9.59 Å². The third kappa shape index (κ3) is 2.94. The van der Waals surface area contributed by atoms with E-state index >= 15 is 0 Å². The summed E-state index contributed by atoms with van der Waals surface area (Å²) < 4.78 is 0. The fourth-order valence-corrected chi connectivity index (χ4v) is 1.42. The first-order valence-electron chi connectivity index (χ1n) is 5.33. The highest BCUT2D eigenvalue weighted by Gasteiger charge is 2.06. The molecule has 6 nitrogen and oxygen atoms in total. The molecule has 0 fully saturated rings. The number of carbonyl (C=O) groups is 2. The number of rotatable bonds is 3. The van der Waals surface area contributed by atoms with Crippen LogP contribution in [0.3, 0.4) is 0 Å². The van der Waals surface area contributed by atoms with E-state index in [1.165, 1.54) is 19.3 Å². The van der Waals surface area contributed by atoms with Crippen LogP contribution in [0.4, 0.5) is 11.4 Å². The average Bonchev–Trinajstić information content (AvgIpc) is 2.84. The van der Waals surface area contributed by atoms with Gasteiger partial charge in [-0.05, 0) is 24.3 Å². The highest BCUT2D eigenvalue weighted by atomic mass is 16.2. The molecule has 1 aromatic carbocycles. The van der Waals surface area contributed by atoms with Crippen LogP contribution in [0.25, 0.3) is 0 Å². The molecule has 0 aliphatic carbocycles. The molecule has 6 heteroatoms. The Balaban J connectivity index is 2.02. The second-order valence-corrected chi connectivity index (χ2v) is 3.70. The largest absolute Gasteiger partial charge is 0.326 e. The highest BCUT2D eigenvalue weighted by molar-refractivity contribution is 6.04. The minimum Gasteiger partial charge on any atom is -0.326 e. The first-order valence-corrected chi connectivity index (χ1v) is 5.33. The number of benzene rings is 1. The Hall–Kier alpha value is -2.63. The van der Waals surface area contributed by atoms with Crippen LogP contribution in [0, 0.1) is 0 Å². The number of amides is 2. The lowest BCUT2D eigenvalue weighted by atomic mass is 10.2. The van der Waals surface area contributed by atoms with Crippen LogP contribution in [-0.4, -0.2) is 22.0 Å². The van der Waals surface area contributed by atoms with Crippen LogP contribution in [0.15, 0.2) is 36.7 Å². The van der Waals surface area contributed by atoms with E-state index in [-0.39, 0.29) is 11.8 Å². The molecule has 3 N–H and O–H groups in total. The van der Waals surface area contributed by atoms with Crippen LogP contribution >= 0.6 is 0 Å². The fourth-order valence-electron chi connectivity index (χ4n) is 1.42. The summed E-state index contributed by atoms with van der Waals surface area (Å²) in [5, 5.41) is 11.6. The molecule has 2 amide bonds. The maximum Gasteiger partial charge on any atom is 0.258 e. The Morgan fingerprint density at radius 3 is 2.22 bits per heavy atom. The van der Waals surface area contributed by atoms with Crippen LogP contribution in [-0.2, 0) is 4.79 Å². The van der Waals surface area contributed by atoms with E-state index in [2.05, 4.69) is 20.8 Å². The Morgan fingerprint density at radius 2 is 1.72 bits per heavy atom. The van der Waals surface area contributed by atoms with Crippen molar-refractivity contribution in [2.75, 3.05) is 10.6 Å². The van der Waals surface area contributed by atoms with E-state index in [0.29, 0.717) is 16.9 Å². The van der Waals surface area contributed by atoms with Crippen LogP contribution in [0.2, 0.25) is 0 Å². The summed E-state index contributed by atoms with van der Waals surface area (Å²) in [5.41, 5.74) is 1.79. The summed E-state index contributed by atoms with van der Waals surface area (Å²) in [6.45, 7) is 1.44. The van der Waals surface area contributed by atoms with Crippen LogP contribution in [0.5, 0.6) is 0 Å². The molecule has 0 saturated carbocycles. The maximum absolute atomic E-state index is 11.7. The molecule has 0 aliphatic heterocycles. The normalized spacial score (nSPS) is 9.83. The molecule has 0 radical (unpaired) electrons. The zero-order chi connectivity index (χ0) is 13.0. The average molecular weight is 244 g/mol. The first-order chi connectivity index (χ1) is 8.65. The summed E-state index contributed by atoms with van der Waals surface area (Å²) >= 11 is 0. The van der Waals surface area contributed by atoms with Gasteiger partial charge in [-0.1, -0.05) is 0 Å². The second-order valence-electron chi connectivity index (χ2n) is 3.70. The number of anilines is 2. The van der Waals surface area contributed by atoms with Crippen molar-refractivity contribution < 1.29 is 9.59 Å². The third-order valence-electron chi connectivity index (χ3n) is 2.22. The number of hydrogen-bond donors (Lipinski definition) is 3. The van der Waals surface area contributed by atoms with E-state index in [0.717, 1.165) is 0 Å². The molecule has 0 aliphatic rings. The second kappa shape index (κ2) is 5.13. The zero-order valence-electron chi connectivity index (χ0n) is 9.73. The quantitative estimate of drug-likeness (QED) is 0.766. The monoisotopic (exact) mass is 244 g/mol. The van der Waals surface area contributed by atoms with E-state index in [1.807, 2.05) is 0 Å². The molecule has 0 spiro atoms. The summed E-state index contributed by atoms with van der Waals surface area (Å²) in [6.07, 6.45) is 2.96. The van der Waals surface area contributed by atoms with E-state index < -0.39 is 0 Å². The first kappa shape index (κ1) is 11.8. The van der Waals surface area contributed by atoms with Crippen molar-refractivity contribution in [3.63, 3.8) is 0 Å². The van der Waals surface area contributed by atoms with Gasteiger partial charge in [-0.3, -0.25) is 14.7 Å². The number of hydrogen-bond acceptors (Lipinski definition) is 3.